The van der Waals surface area contributed by atoms with Gasteiger partial charge in [-0.1, -0.05) is 24.1 Å². The molecule has 0 spiro atoms. The van der Waals surface area contributed by atoms with Crippen LogP contribution in [0.5, 0.6) is 0 Å². The zero-order chi connectivity index (χ0) is 12.4. The Morgan fingerprint density at radius 3 is 2.12 bits per heavy atom. The van der Waals surface area contributed by atoms with Crippen molar-refractivity contribution in [3.8, 4) is 23.5 Å². The van der Waals surface area contributed by atoms with Crippen molar-refractivity contribution >= 4 is 0 Å². The molecule has 0 saturated heterocycles. The fourth-order valence-electron chi connectivity index (χ4n) is 1.57. The molecule has 0 aliphatic heterocycles. The van der Waals surface area contributed by atoms with Crippen LogP contribution in [0.4, 0.5) is 13.2 Å². The molecular formula is C14H7F3. The van der Waals surface area contributed by atoms with Crippen LogP contribution < -0.4 is 0 Å². The molecule has 0 fully saturated rings. The van der Waals surface area contributed by atoms with Gasteiger partial charge in [-0.05, 0) is 29.3 Å². The Kier molecular flexibility index (Phi) is 2.88. The second kappa shape index (κ2) is 4.34. The van der Waals surface area contributed by atoms with Crippen LogP contribution in [0.3, 0.4) is 0 Å². The Balaban J connectivity index is 2.66. The Morgan fingerprint density at radius 2 is 1.53 bits per heavy atom. The topological polar surface area (TPSA) is 0 Å². The molecule has 2 aromatic rings. The van der Waals surface area contributed by atoms with Crippen LogP contribution in [0.1, 0.15) is 5.56 Å². The van der Waals surface area contributed by atoms with Gasteiger partial charge in [-0.15, -0.1) is 6.42 Å². The summed E-state index contributed by atoms with van der Waals surface area (Å²) < 4.78 is 39.0. The summed E-state index contributed by atoms with van der Waals surface area (Å²) in [6.07, 6.45) is 5.28. The highest BCUT2D eigenvalue weighted by Crippen LogP contribution is 2.26. The molecule has 0 amide bonds. The lowest BCUT2D eigenvalue weighted by Crippen LogP contribution is -1.93. The molecule has 0 nitrogen and oxygen atoms in total. The van der Waals surface area contributed by atoms with Gasteiger partial charge >= 0.3 is 0 Å². The zero-order valence-electron chi connectivity index (χ0n) is 8.68. The molecule has 0 heterocycles. The first kappa shape index (κ1) is 11.3. The van der Waals surface area contributed by atoms with E-state index in [2.05, 4.69) is 5.92 Å². The van der Waals surface area contributed by atoms with E-state index in [-0.39, 0.29) is 5.56 Å². The van der Waals surface area contributed by atoms with E-state index in [1.807, 2.05) is 0 Å². The number of halogens is 3. The van der Waals surface area contributed by atoms with Crippen molar-refractivity contribution in [2.75, 3.05) is 0 Å². The maximum atomic E-state index is 13.1. The van der Waals surface area contributed by atoms with E-state index in [1.165, 1.54) is 0 Å². The van der Waals surface area contributed by atoms with Crippen LogP contribution in [0.25, 0.3) is 11.1 Å². The molecule has 0 bridgehead atoms. The van der Waals surface area contributed by atoms with E-state index in [4.69, 9.17) is 6.42 Å². The maximum Gasteiger partial charge on any atom is 0.194 e. The van der Waals surface area contributed by atoms with Crippen molar-refractivity contribution in [2.45, 2.75) is 0 Å². The van der Waals surface area contributed by atoms with Gasteiger partial charge in [0.2, 0.25) is 0 Å². The first-order chi connectivity index (χ1) is 8.13. The van der Waals surface area contributed by atoms with Crippen LogP contribution in [0.15, 0.2) is 36.4 Å². The predicted molar refractivity (Wildman–Crippen MR) is 59.7 cm³/mol. The molecule has 0 aromatic heterocycles. The van der Waals surface area contributed by atoms with Gasteiger partial charge in [-0.25, -0.2) is 13.2 Å². The SMILES string of the molecule is C#Cc1ccccc1-c1cc(F)c(F)c(F)c1. The highest BCUT2D eigenvalue weighted by Gasteiger charge is 2.12. The first-order valence-corrected chi connectivity index (χ1v) is 4.84. The van der Waals surface area contributed by atoms with E-state index in [1.54, 1.807) is 24.3 Å². The molecule has 84 valence electrons. The van der Waals surface area contributed by atoms with Gasteiger partial charge in [-0.3, -0.25) is 0 Å². The molecule has 0 saturated carbocycles. The fraction of sp³-hybridized carbons (Fsp3) is 0. The van der Waals surface area contributed by atoms with Crippen molar-refractivity contribution in [2.24, 2.45) is 0 Å². The van der Waals surface area contributed by atoms with E-state index in [9.17, 15) is 13.2 Å². The van der Waals surface area contributed by atoms with E-state index < -0.39 is 17.5 Å². The molecular weight excluding hydrogens is 225 g/mol. The largest absolute Gasteiger partial charge is 0.204 e. The molecule has 3 heteroatoms. The van der Waals surface area contributed by atoms with Crippen LogP contribution >= 0.6 is 0 Å². The summed E-state index contributed by atoms with van der Waals surface area (Å²) >= 11 is 0. The van der Waals surface area contributed by atoms with Gasteiger partial charge in [0.15, 0.2) is 17.5 Å². The Hall–Kier alpha value is -2.21. The van der Waals surface area contributed by atoms with Gasteiger partial charge in [0.1, 0.15) is 0 Å². The van der Waals surface area contributed by atoms with Crippen LogP contribution in [0, 0.1) is 29.8 Å². The van der Waals surface area contributed by atoms with E-state index >= 15 is 0 Å². The lowest BCUT2D eigenvalue weighted by atomic mass is 10.00. The van der Waals surface area contributed by atoms with Gasteiger partial charge in [-0.2, -0.15) is 0 Å². The normalized spacial score (nSPS) is 10.0. The Labute approximate surface area is 96.7 Å². The monoisotopic (exact) mass is 232 g/mol. The van der Waals surface area contributed by atoms with Crippen molar-refractivity contribution < 1.29 is 13.2 Å². The third-order valence-corrected chi connectivity index (χ3v) is 2.38. The standard InChI is InChI=1S/C14H7F3/c1-2-9-5-3-4-6-11(9)10-7-12(15)14(17)13(16)8-10/h1,3-8H. The van der Waals surface area contributed by atoms with Crippen molar-refractivity contribution in [3.63, 3.8) is 0 Å². The number of terminal acetylenes is 1. The van der Waals surface area contributed by atoms with Crippen LogP contribution in [-0.2, 0) is 0 Å². The minimum atomic E-state index is -1.48. The highest BCUT2D eigenvalue weighted by molar-refractivity contribution is 5.70. The molecule has 2 rings (SSSR count). The van der Waals surface area contributed by atoms with Crippen LogP contribution in [-0.4, -0.2) is 0 Å². The Morgan fingerprint density at radius 1 is 0.941 bits per heavy atom. The molecule has 0 aliphatic carbocycles. The maximum absolute atomic E-state index is 13.1. The molecule has 0 N–H and O–H groups in total. The molecule has 17 heavy (non-hydrogen) atoms. The minimum Gasteiger partial charge on any atom is -0.204 e. The van der Waals surface area contributed by atoms with Crippen molar-refractivity contribution in [1.29, 1.82) is 0 Å². The quantitative estimate of drug-likeness (QED) is 0.519. The minimum absolute atomic E-state index is 0.218. The third kappa shape index (κ3) is 2.02. The highest BCUT2D eigenvalue weighted by atomic mass is 19.2. The van der Waals surface area contributed by atoms with Crippen LogP contribution in [0.2, 0.25) is 0 Å². The van der Waals surface area contributed by atoms with Crippen molar-refractivity contribution in [3.05, 3.63) is 59.4 Å². The lowest BCUT2D eigenvalue weighted by Gasteiger charge is -2.06. The summed E-state index contributed by atoms with van der Waals surface area (Å²) in [5.41, 5.74) is 1.21. The van der Waals surface area contributed by atoms with E-state index in [0.29, 0.717) is 11.1 Å². The summed E-state index contributed by atoms with van der Waals surface area (Å²) in [6.45, 7) is 0. The Bertz CT molecular complexity index is 586. The number of benzene rings is 2. The second-order valence-electron chi connectivity index (χ2n) is 3.44. The lowest BCUT2D eigenvalue weighted by molar-refractivity contribution is 0.447. The predicted octanol–water partition coefficient (Wildman–Crippen LogP) is 3.75. The summed E-state index contributed by atoms with van der Waals surface area (Å²) in [4.78, 5) is 0. The van der Waals surface area contributed by atoms with Gasteiger partial charge in [0.25, 0.3) is 0 Å². The van der Waals surface area contributed by atoms with Gasteiger partial charge < -0.3 is 0 Å². The van der Waals surface area contributed by atoms with Gasteiger partial charge in [0.05, 0.1) is 0 Å². The fourth-order valence-corrected chi connectivity index (χ4v) is 1.57. The number of hydrogen-bond donors (Lipinski definition) is 0. The summed E-state index contributed by atoms with van der Waals surface area (Å²) in [5, 5.41) is 0. The molecule has 0 radical (unpaired) electrons. The zero-order valence-corrected chi connectivity index (χ0v) is 8.68. The van der Waals surface area contributed by atoms with Crippen molar-refractivity contribution in [1.82, 2.24) is 0 Å². The summed E-state index contributed by atoms with van der Waals surface area (Å²) in [5.74, 6) is -1.53. The molecule has 0 aliphatic rings. The third-order valence-electron chi connectivity index (χ3n) is 2.38. The molecule has 0 unspecified atom stereocenters. The molecule has 2 aromatic carbocycles. The number of rotatable bonds is 1. The number of hydrogen-bond acceptors (Lipinski definition) is 0. The summed E-state index contributed by atoms with van der Waals surface area (Å²) in [7, 11) is 0. The second-order valence-corrected chi connectivity index (χ2v) is 3.44. The smallest absolute Gasteiger partial charge is 0.194 e. The van der Waals surface area contributed by atoms with E-state index in [0.717, 1.165) is 12.1 Å². The first-order valence-electron chi connectivity index (χ1n) is 4.84. The average Bonchev–Trinajstić information content (AvgIpc) is 2.35. The molecule has 0 atom stereocenters. The summed E-state index contributed by atoms with van der Waals surface area (Å²) in [6, 6.07) is 8.53. The van der Waals surface area contributed by atoms with Gasteiger partial charge in [0, 0.05) is 5.56 Å². The average molecular weight is 232 g/mol.